The average Bonchev–Trinajstić information content (AvgIpc) is 2.37. The van der Waals surface area contributed by atoms with Gasteiger partial charge in [-0.05, 0) is 24.1 Å². The zero-order valence-corrected chi connectivity index (χ0v) is 13.5. The molecule has 0 saturated carbocycles. The molecule has 0 aromatic heterocycles. The van der Waals surface area contributed by atoms with Gasteiger partial charge in [-0.3, -0.25) is 10.1 Å². The third-order valence-electron chi connectivity index (χ3n) is 2.18. The minimum atomic E-state index is -0.485. The maximum Gasteiger partial charge on any atom is 0.321 e. The first-order valence-corrected chi connectivity index (χ1v) is 7.78. The van der Waals surface area contributed by atoms with Gasteiger partial charge in [0, 0.05) is 16.5 Å². The lowest BCUT2D eigenvalue weighted by Gasteiger charge is -2.09. The molecule has 0 radical (unpaired) electrons. The van der Waals surface area contributed by atoms with Gasteiger partial charge in [-0.2, -0.15) is 0 Å². The molecule has 0 aliphatic rings. The van der Waals surface area contributed by atoms with Gasteiger partial charge in [0.05, 0.1) is 10.8 Å². The highest BCUT2D eigenvalue weighted by molar-refractivity contribution is 8.00. The van der Waals surface area contributed by atoms with E-state index >= 15 is 0 Å². The Balaban J connectivity index is 2.39. The standard InChI is InChI=1S/C13H16Cl2N2O2S/c1-8(2)6-16-13(19)17-12(18)7-20-11-5-9(14)3-4-10(11)15/h3-5,8H,6-7H2,1-2H3,(H2,16,17,18,19). The summed E-state index contributed by atoms with van der Waals surface area (Å²) in [6, 6.07) is 4.54. The quantitative estimate of drug-likeness (QED) is 0.809. The second-order valence-corrected chi connectivity index (χ2v) is 6.38. The molecule has 0 bridgehead atoms. The van der Waals surface area contributed by atoms with Gasteiger partial charge in [0.2, 0.25) is 5.91 Å². The van der Waals surface area contributed by atoms with Crippen LogP contribution in [0.25, 0.3) is 0 Å². The van der Waals surface area contributed by atoms with E-state index in [9.17, 15) is 9.59 Å². The maximum absolute atomic E-state index is 11.6. The number of thioether (sulfide) groups is 1. The van der Waals surface area contributed by atoms with Gasteiger partial charge in [-0.25, -0.2) is 4.79 Å². The summed E-state index contributed by atoms with van der Waals surface area (Å²) in [4.78, 5) is 23.7. The molecular weight excluding hydrogens is 319 g/mol. The van der Waals surface area contributed by atoms with Crippen molar-refractivity contribution in [1.82, 2.24) is 10.6 Å². The summed E-state index contributed by atoms with van der Waals surface area (Å²) in [6.45, 7) is 4.46. The third kappa shape index (κ3) is 6.50. The van der Waals surface area contributed by atoms with Crippen LogP contribution < -0.4 is 10.6 Å². The SMILES string of the molecule is CC(C)CNC(=O)NC(=O)CSc1cc(Cl)ccc1Cl. The molecule has 7 heteroatoms. The Morgan fingerprint density at radius 3 is 2.65 bits per heavy atom. The molecule has 0 atom stereocenters. The van der Waals surface area contributed by atoms with Crippen molar-refractivity contribution in [3.8, 4) is 0 Å². The first-order valence-electron chi connectivity index (χ1n) is 6.04. The smallest absolute Gasteiger partial charge is 0.321 e. The molecule has 1 rings (SSSR count). The minimum Gasteiger partial charge on any atom is -0.338 e. The van der Waals surface area contributed by atoms with Crippen molar-refractivity contribution in [3.63, 3.8) is 0 Å². The summed E-state index contributed by atoms with van der Waals surface area (Å²) in [6.07, 6.45) is 0. The van der Waals surface area contributed by atoms with E-state index in [-0.39, 0.29) is 11.7 Å². The Bertz CT molecular complexity index is 495. The van der Waals surface area contributed by atoms with Gasteiger partial charge in [-0.1, -0.05) is 37.0 Å². The lowest BCUT2D eigenvalue weighted by atomic mass is 10.2. The lowest BCUT2D eigenvalue weighted by Crippen LogP contribution is -2.41. The Hall–Kier alpha value is -0.910. The Kier molecular flexibility index (Phi) is 7.19. The number of benzene rings is 1. The average molecular weight is 335 g/mol. The summed E-state index contributed by atoms with van der Waals surface area (Å²) < 4.78 is 0. The number of nitrogens with one attached hydrogen (secondary N) is 2. The van der Waals surface area contributed by atoms with E-state index in [2.05, 4.69) is 10.6 Å². The van der Waals surface area contributed by atoms with Crippen molar-refractivity contribution in [2.24, 2.45) is 5.92 Å². The number of hydrogen-bond acceptors (Lipinski definition) is 3. The first kappa shape index (κ1) is 17.1. The normalized spacial score (nSPS) is 10.4. The summed E-state index contributed by atoms with van der Waals surface area (Å²) in [5, 5.41) is 5.93. The molecule has 110 valence electrons. The molecular formula is C13H16Cl2N2O2S. The summed E-state index contributed by atoms with van der Waals surface area (Å²) in [5.41, 5.74) is 0. The fourth-order valence-corrected chi connectivity index (χ4v) is 2.53. The molecule has 0 aliphatic carbocycles. The van der Waals surface area contributed by atoms with Gasteiger partial charge in [-0.15, -0.1) is 11.8 Å². The highest BCUT2D eigenvalue weighted by atomic mass is 35.5. The Morgan fingerprint density at radius 2 is 2.00 bits per heavy atom. The van der Waals surface area contributed by atoms with Gasteiger partial charge in [0.1, 0.15) is 0 Å². The van der Waals surface area contributed by atoms with Crippen LogP contribution >= 0.6 is 35.0 Å². The van der Waals surface area contributed by atoms with Crippen molar-refractivity contribution < 1.29 is 9.59 Å². The van der Waals surface area contributed by atoms with E-state index in [1.54, 1.807) is 18.2 Å². The highest BCUT2D eigenvalue weighted by Gasteiger charge is 2.10. The molecule has 4 nitrogen and oxygen atoms in total. The zero-order chi connectivity index (χ0) is 15.1. The van der Waals surface area contributed by atoms with Crippen LogP contribution in [0.5, 0.6) is 0 Å². The second kappa shape index (κ2) is 8.39. The number of urea groups is 1. The topological polar surface area (TPSA) is 58.2 Å². The van der Waals surface area contributed by atoms with Gasteiger partial charge in [0.15, 0.2) is 0 Å². The number of carbonyl (C=O) groups excluding carboxylic acids is 2. The van der Waals surface area contributed by atoms with Crippen LogP contribution in [0, 0.1) is 5.92 Å². The van der Waals surface area contributed by atoms with E-state index in [0.29, 0.717) is 27.4 Å². The van der Waals surface area contributed by atoms with E-state index in [4.69, 9.17) is 23.2 Å². The predicted molar refractivity (Wildman–Crippen MR) is 83.6 cm³/mol. The third-order valence-corrected chi connectivity index (χ3v) is 3.91. The van der Waals surface area contributed by atoms with Gasteiger partial charge in [0.25, 0.3) is 0 Å². The largest absolute Gasteiger partial charge is 0.338 e. The molecule has 2 N–H and O–H groups in total. The molecule has 1 aromatic rings. The van der Waals surface area contributed by atoms with Crippen LogP contribution in [-0.4, -0.2) is 24.2 Å². The summed E-state index contributed by atoms with van der Waals surface area (Å²) >= 11 is 13.1. The summed E-state index contributed by atoms with van der Waals surface area (Å²) in [7, 11) is 0. The molecule has 1 aromatic carbocycles. The van der Waals surface area contributed by atoms with Crippen molar-refractivity contribution >= 4 is 46.9 Å². The van der Waals surface area contributed by atoms with Crippen LogP contribution in [0.4, 0.5) is 4.79 Å². The molecule has 0 aliphatic heterocycles. The fourth-order valence-electron chi connectivity index (χ4n) is 1.23. The van der Waals surface area contributed by atoms with Crippen molar-refractivity contribution in [2.45, 2.75) is 18.7 Å². The van der Waals surface area contributed by atoms with Crippen LogP contribution in [0.2, 0.25) is 10.0 Å². The van der Waals surface area contributed by atoms with Crippen molar-refractivity contribution in [1.29, 1.82) is 0 Å². The number of imide groups is 1. The predicted octanol–water partition coefficient (Wildman–Crippen LogP) is 3.57. The zero-order valence-electron chi connectivity index (χ0n) is 11.2. The second-order valence-electron chi connectivity index (χ2n) is 4.52. The maximum atomic E-state index is 11.6. The van der Waals surface area contributed by atoms with Crippen molar-refractivity contribution in [3.05, 3.63) is 28.2 Å². The molecule has 0 unspecified atom stereocenters. The van der Waals surface area contributed by atoms with E-state index in [0.717, 1.165) is 0 Å². The highest BCUT2D eigenvalue weighted by Crippen LogP contribution is 2.29. The molecule has 0 saturated heterocycles. The molecule has 0 heterocycles. The fraction of sp³-hybridized carbons (Fsp3) is 0.385. The molecule has 3 amide bonds. The molecule has 0 fully saturated rings. The Morgan fingerprint density at radius 1 is 1.30 bits per heavy atom. The molecule has 20 heavy (non-hydrogen) atoms. The Labute approximate surface area is 132 Å². The van der Waals surface area contributed by atoms with Gasteiger partial charge < -0.3 is 5.32 Å². The van der Waals surface area contributed by atoms with Crippen molar-refractivity contribution in [2.75, 3.05) is 12.3 Å². The number of halogens is 2. The van der Waals surface area contributed by atoms with Crippen LogP contribution in [0.15, 0.2) is 23.1 Å². The number of amides is 3. The van der Waals surface area contributed by atoms with E-state index < -0.39 is 6.03 Å². The van der Waals surface area contributed by atoms with E-state index in [1.807, 2.05) is 13.8 Å². The minimum absolute atomic E-state index is 0.0924. The summed E-state index contributed by atoms with van der Waals surface area (Å²) in [5.74, 6) is 0.0395. The number of carbonyl (C=O) groups is 2. The first-order chi connectivity index (χ1) is 9.38. The molecule has 0 spiro atoms. The van der Waals surface area contributed by atoms with E-state index in [1.165, 1.54) is 11.8 Å². The van der Waals surface area contributed by atoms with Crippen LogP contribution in [0.1, 0.15) is 13.8 Å². The number of rotatable bonds is 5. The lowest BCUT2D eigenvalue weighted by molar-refractivity contribution is -0.117. The monoisotopic (exact) mass is 334 g/mol. The van der Waals surface area contributed by atoms with Crippen LogP contribution in [-0.2, 0) is 4.79 Å². The number of hydrogen-bond donors (Lipinski definition) is 2. The van der Waals surface area contributed by atoms with Crippen LogP contribution in [0.3, 0.4) is 0 Å². The van der Waals surface area contributed by atoms with Gasteiger partial charge >= 0.3 is 6.03 Å².